The number of hydrogen-bond acceptors (Lipinski definition) is 3. The average molecular weight is 323 g/mol. The van der Waals surface area contributed by atoms with Crippen molar-refractivity contribution in [3.8, 4) is 0 Å². The van der Waals surface area contributed by atoms with Crippen LogP contribution in [0, 0.1) is 0 Å². The number of carboxylic acid groups (broad SMARTS) is 1. The van der Waals surface area contributed by atoms with Gasteiger partial charge in [-0.1, -0.05) is 30.3 Å². The number of carboxylic acids is 1. The lowest BCUT2D eigenvalue weighted by molar-refractivity contribution is -0.139. The highest BCUT2D eigenvalue weighted by Crippen LogP contribution is 2.23. The summed E-state index contributed by atoms with van der Waals surface area (Å²) >= 11 is 5.91. The number of nitrogens with one attached hydrogen (secondary N) is 2. The molecule has 0 saturated heterocycles. The third kappa shape index (κ3) is 3.79. The molecule has 1 amide bonds. The molecular formula is C15H15ClN2O4. The molecule has 1 heterocycles. The number of carbonyl (C=O) groups is 2. The molecule has 0 aliphatic rings. The third-order valence-corrected chi connectivity index (χ3v) is 3.31. The highest BCUT2D eigenvalue weighted by molar-refractivity contribution is 6.31. The number of carbonyl (C=O) groups excluding carboxylic acids is 1. The second kappa shape index (κ2) is 7.00. The van der Waals surface area contributed by atoms with Crippen LogP contribution in [0.5, 0.6) is 0 Å². The summed E-state index contributed by atoms with van der Waals surface area (Å²) in [5.74, 6) is -1.14. The molecule has 0 fully saturated rings. The molecule has 22 heavy (non-hydrogen) atoms. The van der Waals surface area contributed by atoms with Gasteiger partial charge in [0.25, 0.3) is 0 Å². The van der Waals surface area contributed by atoms with Crippen LogP contribution in [-0.4, -0.2) is 34.8 Å². The van der Waals surface area contributed by atoms with Crippen molar-refractivity contribution in [3.63, 3.8) is 0 Å². The number of aromatic nitrogens is 1. The van der Waals surface area contributed by atoms with Crippen LogP contribution in [0.1, 0.15) is 5.56 Å². The monoisotopic (exact) mass is 322 g/mol. The molecule has 0 bridgehead atoms. The zero-order valence-electron chi connectivity index (χ0n) is 11.6. The molecule has 1 aromatic heterocycles. The van der Waals surface area contributed by atoms with Crippen LogP contribution in [0.4, 0.5) is 4.79 Å². The number of fused-ring (bicyclic) bond motifs is 1. The second-order valence-electron chi connectivity index (χ2n) is 4.63. The number of aliphatic carboxylic acids is 1. The topological polar surface area (TPSA) is 91.4 Å². The molecule has 2 rings (SSSR count). The Kier molecular flexibility index (Phi) is 5.06. The summed E-state index contributed by atoms with van der Waals surface area (Å²) in [6, 6.07) is 4.19. The Labute approximate surface area is 131 Å². The van der Waals surface area contributed by atoms with Gasteiger partial charge in [-0.25, -0.2) is 9.59 Å². The molecule has 7 heteroatoms. The van der Waals surface area contributed by atoms with Crippen molar-refractivity contribution in [2.75, 3.05) is 6.61 Å². The fraction of sp³-hybridized carbons (Fsp3) is 0.200. The van der Waals surface area contributed by atoms with Gasteiger partial charge in [0, 0.05) is 28.5 Å². The van der Waals surface area contributed by atoms with Crippen LogP contribution >= 0.6 is 11.6 Å². The van der Waals surface area contributed by atoms with E-state index in [9.17, 15) is 14.7 Å². The minimum absolute atomic E-state index is 0.0176. The predicted octanol–water partition coefficient (Wildman–Crippen LogP) is 2.73. The summed E-state index contributed by atoms with van der Waals surface area (Å²) in [5.41, 5.74) is 1.57. The van der Waals surface area contributed by atoms with Crippen molar-refractivity contribution in [1.29, 1.82) is 0 Å². The molecule has 3 N–H and O–H groups in total. The van der Waals surface area contributed by atoms with Crippen molar-refractivity contribution >= 4 is 34.6 Å². The smallest absolute Gasteiger partial charge is 0.408 e. The number of amides is 1. The normalized spacial score (nSPS) is 11.9. The van der Waals surface area contributed by atoms with Crippen LogP contribution in [0.25, 0.3) is 10.9 Å². The number of H-pyrrole nitrogens is 1. The van der Waals surface area contributed by atoms with Crippen LogP contribution in [0.2, 0.25) is 5.02 Å². The zero-order valence-corrected chi connectivity index (χ0v) is 12.4. The molecule has 6 nitrogen and oxygen atoms in total. The number of rotatable bonds is 6. The standard InChI is InChI=1S/C15H15ClN2O4/c1-2-5-22-15(21)18-13(14(19)20)6-9-8-17-12-7-10(16)3-4-11(9)12/h2-4,7-8,13,17H,1,5-6H2,(H,18,21)(H,19,20). The van der Waals surface area contributed by atoms with E-state index >= 15 is 0 Å². The Hall–Kier alpha value is -2.47. The first kappa shape index (κ1) is 15.9. The Morgan fingerprint density at radius 3 is 2.95 bits per heavy atom. The Morgan fingerprint density at radius 2 is 2.27 bits per heavy atom. The van der Waals surface area contributed by atoms with Crippen molar-refractivity contribution in [2.45, 2.75) is 12.5 Å². The number of halogens is 1. The third-order valence-electron chi connectivity index (χ3n) is 3.08. The average Bonchev–Trinajstić information content (AvgIpc) is 2.86. The number of aromatic amines is 1. The maximum atomic E-state index is 11.5. The van der Waals surface area contributed by atoms with E-state index in [-0.39, 0.29) is 13.0 Å². The first-order valence-corrected chi connectivity index (χ1v) is 6.91. The van der Waals surface area contributed by atoms with E-state index in [1.165, 1.54) is 6.08 Å². The lowest BCUT2D eigenvalue weighted by Gasteiger charge is -2.13. The SMILES string of the molecule is C=CCOC(=O)NC(Cc1c[nH]c2cc(Cl)ccc12)C(=O)O. The van der Waals surface area contributed by atoms with Gasteiger partial charge in [-0.15, -0.1) is 0 Å². The first-order valence-electron chi connectivity index (χ1n) is 6.53. The van der Waals surface area contributed by atoms with Crippen LogP contribution in [-0.2, 0) is 16.0 Å². The molecular weight excluding hydrogens is 308 g/mol. The van der Waals surface area contributed by atoms with E-state index in [1.54, 1.807) is 24.4 Å². The summed E-state index contributed by atoms with van der Waals surface area (Å²) in [6.07, 6.45) is 2.43. The Bertz CT molecular complexity index is 711. The van der Waals surface area contributed by atoms with Crippen molar-refractivity contribution in [3.05, 3.63) is 47.6 Å². The molecule has 116 valence electrons. The summed E-state index contributed by atoms with van der Waals surface area (Å²) < 4.78 is 4.74. The summed E-state index contributed by atoms with van der Waals surface area (Å²) in [5, 5.41) is 13.0. The lowest BCUT2D eigenvalue weighted by Crippen LogP contribution is -2.42. The first-order chi connectivity index (χ1) is 10.5. The van der Waals surface area contributed by atoms with Crippen LogP contribution in [0.15, 0.2) is 37.1 Å². The molecule has 0 aliphatic heterocycles. The molecule has 0 aliphatic carbocycles. The van der Waals surface area contributed by atoms with Gasteiger partial charge in [-0.05, 0) is 17.7 Å². The minimum atomic E-state index is -1.14. The molecule has 0 saturated carbocycles. The van der Waals surface area contributed by atoms with E-state index < -0.39 is 18.1 Å². The van der Waals surface area contributed by atoms with Gasteiger partial charge in [0.1, 0.15) is 12.6 Å². The quantitative estimate of drug-likeness (QED) is 0.713. The molecule has 0 radical (unpaired) electrons. The van der Waals surface area contributed by atoms with Gasteiger partial charge in [0.2, 0.25) is 0 Å². The molecule has 1 unspecified atom stereocenters. The summed E-state index contributed by atoms with van der Waals surface area (Å²) in [4.78, 5) is 25.8. The second-order valence-corrected chi connectivity index (χ2v) is 5.07. The van der Waals surface area contributed by atoms with E-state index in [0.717, 1.165) is 16.5 Å². The van der Waals surface area contributed by atoms with Crippen molar-refractivity contribution in [1.82, 2.24) is 10.3 Å². The van der Waals surface area contributed by atoms with Gasteiger partial charge in [-0.3, -0.25) is 0 Å². The van der Waals surface area contributed by atoms with E-state index in [0.29, 0.717) is 5.02 Å². The molecule has 2 aromatic rings. The molecule has 1 atom stereocenters. The summed E-state index contributed by atoms with van der Waals surface area (Å²) in [7, 11) is 0. The van der Waals surface area contributed by atoms with Crippen molar-refractivity contribution in [2.24, 2.45) is 0 Å². The number of hydrogen-bond donors (Lipinski definition) is 3. The van der Waals surface area contributed by atoms with Gasteiger partial charge in [0.05, 0.1) is 0 Å². The Balaban J connectivity index is 2.14. The van der Waals surface area contributed by atoms with Gasteiger partial charge >= 0.3 is 12.1 Å². The molecule has 0 spiro atoms. The maximum Gasteiger partial charge on any atom is 0.408 e. The zero-order chi connectivity index (χ0) is 16.1. The van der Waals surface area contributed by atoms with E-state index in [4.69, 9.17) is 16.3 Å². The Morgan fingerprint density at radius 1 is 1.50 bits per heavy atom. The van der Waals surface area contributed by atoms with Gasteiger partial charge in [-0.2, -0.15) is 0 Å². The number of ether oxygens (including phenoxy) is 1. The fourth-order valence-electron chi connectivity index (χ4n) is 2.07. The lowest BCUT2D eigenvalue weighted by atomic mass is 10.1. The summed E-state index contributed by atoms with van der Waals surface area (Å²) in [6.45, 7) is 3.43. The van der Waals surface area contributed by atoms with E-state index in [2.05, 4.69) is 16.9 Å². The van der Waals surface area contributed by atoms with E-state index in [1.807, 2.05) is 0 Å². The highest BCUT2D eigenvalue weighted by atomic mass is 35.5. The maximum absolute atomic E-state index is 11.5. The van der Waals surface area contributed by atoms with Crippen LogP contribution < -0.4 is 5.32 Å². The predicted molar refractivity (Wildman–Crippen MR) is 83.1 cm³/mol. The van der Waals surface area contributed by atoms with Gasteiger partial charge in [0.15, 0.2) is 0 Å². The minimum Gasteiger partial charge on any atom is -0.480 e. The largest absolute Gasteiger partial charge is 0.480 e. The highest BCUT2D eigenvalue weighted by Gasteiger charge is 2.22. The number of benzene rings is 1. The van der Waals surface area contributed by atoms with Crippen molar-refractivity contribution < 1.29 is 19.4 Å². The van der Waals surface area contributed by atoms with Gasteiger partial charge < -0.3 is 20.1 Å². The molecule has 1 aromatic carbocycles. The van der Waals surface area contributed by atoms with Crippen LogP contribution in [0.3, 0.4) is 0 Å². The fourth-order valence-corrected chi connectivity index (χ4v) is 2.24. The number of alkyl carbamates (subject to hydrolysis) is 1.